The molecule has 0 spiro atoms. The number of carbonyl (C=O) groups excluding carboxylic acids is 2. The normalized spacial score (nSPS) is 11.8. The molecule has 1 atom stereocenters. The van der Waals surface area contributed by atoms with Crippen LogP contribution in [0.2, 0.25) is 0 Å². The maximum atomic E-state index is 11.7. The number of ketones is 1. The van der Waals surface area contributed by atoms with E-state index >= 15 is 0 Å². The number of aliphatic hydroxyl groups is 1. The molecule has 0 aromatic heterocycles. The lowest BCUT2D eigenvalue weighted by atomic mass is 10.1. The molecule has 0 aliphatic heterocycles. The largest absolute Gasteiger partial charge is 0.396 e. The van der Waals surface area contributed by atoms with Gasteiger partial charge in [0.2, 0.25) is 0 Å². The van der Waals surface area contributed by atoms with Crippen LogP contribution in [0.3, 0.4) is 0 Å². The molecule has 0 fully saturated rings. The van der Waals surface area contributed by atoms with Gasteiger partial charge in [-0.05, 0) is 37.8 Å². The number of nitrogens with one attached hydrogen (secondary N) is 2. The Labute approximate surface area is 119 Å². The first-order valence-electron chi connectivity index (χ1n) is 6.79. The Kier molecular flexibility index (Phi) is 6.73. The number of hydrogen-bond donors (Lipinski definition) is 3. The number of anilines is 1. The van der Waals surface area contributed by atoms with E-state index in [1.165, 1.54) is 6.92 Å². The number of carbonyl (C=O) groups is 2. The van der Waals surface area contributed by atoms with Crippen molar-refractivity contribution in [3.63, 3.8) is 0 Å². The summed E-state index contributed by atoms with van der Waals surface area (Å²) in [6.07, 6.45) is 1.69. The Hall–Kier alpha value is -1.88. The molecule has 1 aromatic rings. The fourth-order valence-corrected chi connectivity index (χ4v) is 1.73. The molecule has 0 aliphatic carbocycles. The summed E-state index contributed by atoms with van der Waals surface area (Å²) in [5.74, 6) is 0.221. The Morgan fingerprint density at radius 1 is 1.35 bits per heavy atom. The molecule has 3 N–H and O–H groups in total. The number of rotatable bonds is 7. The van der Waals surface area contributed by atoms with Gasteiger partial charge in [0.05, 0.1) is 0 Å². The molecule has 1 rings (SSSR count). The first-order chi connectivity index (χ1) is 9.52. The summed E-state index contributed by atoms with van der Waals surface area (Å²) in [5, 5.41) is 14.3. The van der Waals surface area contributed by atoms with Crippen molar-refractivity contribution in [2.75, 3.05) is 18.5 Å². The fourth-order valence-electron chi connectivity index (χ4n) is 1.73. The van der Waals surface area contributed by atoms with E-state index in [1.807, 2.05) is 6.92 Å². The van der Waals surface area contributed by atoms with Gasteiger partial charge < -0.3 is 15.7 Å². The summed E-state index contributed by atoms with van der Waals surface area (Å²) in [5.41, 5.74) is 1.17. The van der Waals surface area contributed by atoms with Crippen LogP contribution in [0.25, 0.3) is 0 Å². The molecule has 20 heavy (non-hydrogen) atoms. The minimum Gasteiger partial charge on any atom is -0.396 e. The van der Waals surface area contributed by atoms with Gasteiger partial charge in [-0.3, -0.25) is 4.79 Å². The van der Waals surface area contributed by atoms with Crippen molar-refractivity contribution >= 4 is 17.5 Å². The zero-order valence-corrected chi connectivity index (χ0v) is 12.0. The lowest BCUT2D eigenvalue weighted by Gasteiger charge is -2.10. The molecule has 5 nitrogen and oxygen atoms in total. The van der Waals surface area contributed by atoms with E-state index in [4.69, 9.17) is 5.11 Å². The van der Waals surface area contributed by atoms with Gasteiger partial charge in [-0.1, -0.05) is 19.1 Å². The van der Waals surface area contributed by atoms with Crippen LogP contribution >= 0.6 is 0 Å². The second-order valence-electron chi connectivity index (χ2n) is 4.95. The first kappa shape index (κ1) is 16.2. The molecule has 0 bridgehead atoms. The van der Waals surface area contributed by atoms with Crippen LogP contribution in [0.1, 0.15) is 37.0 Å². The molecule has 2 amide bonds. The summed E-state index contributed by atoms with van der Waals surface area (Å²) in [6, 6.07) is 6.54. The number of urea groups is 1. The molecular weight excluding hydrogens is 256 g/mol. The molecule has 0 saturated carbocycles. The average Bonchev–Trinajstić information content (AvgIpc) is 2.43. The Bertz CT molecular complexity index is 460. The number of aliphatic hydroxyl groups excluding tert-OH is 1. The fraction of sp³-hybridized carbons (Fsp3) is 0.467. The van der Waals surface area contributed by atoms with E-state index < -0.39 is 0 Å². The van der Waals surface area contributed by atoms with Crippen LogP contribution in [-0.4, -0.2) is 30.1 Å². The van der Waals surface area contributed by atoms with Gasteiger partial charge in [-0.15, -0.1) is 0 Å². The van der Waals surface area contributed by atoms with Crippen molar-refractivity contribution in [2.24, 2.45) is 5.92 Å². The number of hydrogen-bond acceptors (Lipinski definition) is 3. The van der Waals surface area contributed by atoms with Gasteiger partial charge in [-0.25, -0.2) is 4.79 Å². The Morgan fingerprint density at radius 2 is 2.10 bits per heavy atom. The van der Waals surface area contributed by atoms with Gasteiger partial charge >= 0.3 is 6.03 Å². The van der Waals surface area contributed by atoms with E-state index in [0.29, 0.717) is 17.8 Å². The third-order valence-electron chi connectivity index (χ3n) is 3.00. The minimum atomic E-state index is -0.289. The van der Waals surface area contributed by atoms with E-state index in [1.54, 1.807) is 24.3 Å². The molecular formula is C15H22N2O3. The standard InChI is InChI=1S/C15H22N2O3/c1-11(10-18)5-4-8-16-15(20)17-14-7-3-6-13(9-14)12(2)19/h3,6-7,9,11,18H,4-5,8,10H2,1-2H3,(H2,16,17,20). The molecule has 0 radical (unpaired) electrons. The maximum absolute atomic E-state index is 11.7. The van der Waals surface area contributed by atoms with Crippen molar-refractivity contribution in [1.29, 1.82) is 0 Å². The topological polar surface area (TPSA) is 78.4 Å². The second-order valence-corrected chi connectivity index (χ2v) is 4.95. The molecule has 0 saturated heterocycles. The molecule has 110 valence electrons. The van der Waals surface area contributed by atoms with E-state index in [9.17, 15) is 9.59 Å². The highest BCUT2D eigenvalue weighted by atomic mass is 16.3. The van der Waals surface area contributed by atoms with E-state index in [2.05, 4.69) is 10.6 Å². The van der Waals surface area contributed by atoms with Gasteiger partial charge in [0, 0.05) is 24.4 Å². The van der Waals surface area contributed by atoms with Crippen LogP contribution in [-0.2, 0) is 0 Å². The first-order valence-corrected chi connectivity index (χ1v) is 6.79. The quantitative estimate of drug-likeness (QED) is 0.529. The lowest BCUT2D eigenvalue weighted by Crippen LogP contribution is -2.29. The summed E-state index contributed by atoms with van der Waals surface area (Å²) in [4.78, 5) is 22.9. The zero-order chi connectivity index (χ0) is 15.0. The second kappa shape index (κ2) is 8.32. The van der Waals surface area contributed by atoms with Crippen LogP contribution < -0.4 is 10.6 Å². The highest BCUT2D eigenvalue weighted by Crippen LogP contribution is 2.11. The van der Waals surface area contributed by atoms with Crippen molar-refractivity contribution in [3.05, 3.63) is 29.8 Å². The van der Waals surface area contributed by atoms with Crippen LogP contribution in [0.15, 0.2) is 24.3 Å². The smallest absolute Gasteiger partial charge is 0.319 e. The van der Waals surface area contributed by atoms with Crippen LogP contribution in [0, 0.1) is 5.92 Å². The van der Waals surface area contributed by atoms with Crippen molar-refractivity contribution < 1.29 is 14.7 Å². The third-order valence-corrected chi connectivity index (χ3v) is 3.00. The van der Waals surface area contributed by atoms with Gasteiger partial charge in [0.15, 0.2) is 5.78 Å². The lowest BCUT2D eigenvalue weighted by molar-refractivity contribution is 0.101. The third kappa shape index (κ3) is 5.84. The SMILES string of the molecule is CC(=O)c1cccc(NC(=O)NCCCC(C)CO)c1. The van der Waals surface area contributed by atoms with Crippen molar-refractivity contribution in [2.45, 2.75) is 26.7 Å². The monoisotopic (exact) mass is 278 g/mol. The Balaban J connectivity index is 2.35. The summed E-state index contributed by atoms with van der Waals surface area (Å²) < 4.78 is 0. The predicted octanol–water partition coefficient (Wildman–Crippen LogP) is 2.42. The van der Waals surface area contributed by atoms with Gasteiger partial charge in [0.1, 0.15) is 0 Å². The van der Waals surface area contributed by atoms with Crippen molar-refractivity contribution in [3.8, 4) is 0 Å². The summed E-state index contributed by atoms with van der Waals surface area (Å²) in [6.45, 7) is 4.18. The molecule has 1 aromatic carbocycles. The predicted molar refractivity (Wildman–Crippen MR) is 79.0 cm³/mol. The number of Topliss-reactive ketones (excluding diaryl/α,β-unsaturated/α-hetero) is 1. The summed E-state index contributed by atoms with van der Waals surface area (Å²) >= 11 is 0. The average molecular weight is 278 g/mol. The highest BCUT2D eigenvalue weighted by molar-refractivity contribution is 5.96. The van der Waals surface area contributed by atoms with Gasteiger partial charge in [0.25, 0.3) is 0 Å². The van der Waals surface area contributed by atoms with Crippen LogP contribution in [0.5, 0.6) is 0 Å². The highest BCUT2D eigenvalue weighted by Gasteiger charge is 2.05. The number of benzene rings is 1. The maximum Gasteiger partial charge on any atom is 0.319 e. The molecule has 5 heteroatoms. The zero-order valence-electron chi connectivity index (χ0n) is 12.0. The molecule has 1 unspecified atom stereocenters. The van der Waals surface area contributed by atoms with E-state index in [-0.39, 0.29) is 24.3 Å². The van der Waals surface area contributed by atoms with Crippen molar-refractivity contribution in [1.82, 2.24) is 5.32 Å². The van der Waals surface area contributed by atoms with E-state index in [0.717, 1.165) is 12.8 Å². The minimum absolute atomic E-state index is 0.0351. The number of amides is 2. The van der Waals surface area contributed by atoms with Crippen LogP contribution in [0.4, 0.5) is 10.5 Å². The molecule has 0 heterocycles. The van der Waals surface area contributed by atoms with Gasteiger partial charge in [-0.2, -0.15) is 0 Å². The molecule has 0 aliphatic rings. The summed E-state index contributed by atoms with van der Waals surface area (Å²) in [7, 11) is 0. The Morgan fingerprint density at radius 3 is 2.75 bits per heavy atom.